The Bertz CT molecular complexity index is 519. The van der Waals surface area contributed by atoms with E-state index in [4.69, 9.17) is 32.7 Å². The molecule has 20 heavy (non-hydrogen) atoms. The maximum Gasteiger partial charge on any atom is 0.352 e. The summed E-state index contributed by atoms with van der Waals surface area (Å²) in [5.74, 6) is -1.19. The number of carbonyl (C=O) groups excluding carboxylic acids is 2. The summed E-state index contributed by atoms with van der Waals surface area (Å²) in [5, 5.41) is 0.0700. The standard InChI is InChI=1S/C12H14Cl2O5S/c1-12(2,3)19-6(15)5-18-8-7(13)10(14)20-9(8)11(16)17-4/h5H2,1-4H3. The van der Waals surface area contributed by atoms with Gasteiger partial charge in [-0.15, -0.1) is 11.3 Å². The largest absolute Gasteiger partial charge is 0.478 e. The zero-order valence-electron chi connectivity index (χ0n) is 11.4. The number of carbonyl (C=O) groups is 2. The highest BCUT2D eigenvalue weighted by molar-refractivity contribution is 7.19. The zero-order valence-corrected chi connectivity index (χ0v) is 13.7. The lowest BCUT2D eigenvalue weighted by Crippen LogP contribution is -2.27. The van der Waals surface area contributed by atoms with Crippen molar-refractivity contribution in [1.29, 1.82) is 0 Å². The number of thiophene rings is 1. The second-order valence-electron chi connectivity index (χ2n) is 4.71. The van der Waals surface area contributed by atoms with Crippen molar-refractivity contribution in [2.24, 2.45) is 0 Å². The first kappa shape index (κ1) is 17.1. The highest BCUT2D eigenvalue weighted by atomic mass is 35.5. The Morgan fingerprint density at radius 1 is 1.25 bits per heavy atom. The van der Waals surface area contributed by atoms with Crippen LogP contribution in [0, 0.1) is 0 Å². The van der Waals surface area contributed by atoms with E-state index in [1.807, 2.05) is 0 Å². The van der Waals surface area contributed by atoms with Gasteiger partial charge in [0.15, 0.2) is 17.2 Å². The number of hydrogen-bond acceptors (Lipinski definition) is 6. The van der Waals surface area contributed by atoms with Crippen molar-refractivity contribution in [3.05, 3.63) is 14.2 Å². The van der Waals surface area contributed by atoms with Crippen molar-refractivity contribution >= 4 is 46.5 Å². The van der Waals surface area contributed by atoms with Gasteiger partial charge in [0.2, 0.25) is 0 Å². The van der Waals surface area contributed by atoms with Gasteiger partial charge in [-0.25, -0.2) is 9.59 Å². The monoisotopic (exact) mass is 340 g/mol. The number of rotatable bonds is 4. The smallest absolute Gasteiger partial charge is 0.352 e. The number of ether oxygens (including phenoxy) is 3. The van der Waals surface area contributed by atoms with Crippen LogP contribution in [0.3, 0.4) is 0 Å². The van der Waals surface area contributed by atoms with Crippen molar-refractivity contribution in [2.45, 2.75) is 26.4 Å². The van der Waals surface area contributed by atoms with E-state index in [0.29, 0.717) is 0 Å². The lowest BCUT2D eigenvalue weighted by molar-refractivity contribution is -0.157. The fourth-order valence-electron chi connectivity index (χ4n) is 1.23. The van der Waals surface area contributed by atoms with E-state index < -0.39 is 17.5 Å². The van der Waals surface area contributed by atoms with E-state index in [1.165, 1.54) is 7.11 Å². The molecule has 0 saturated carbocycles. The molecule has 0 bridgehead atoms. The van der Waals surface area contributed by atoms with Crippen LogP contribution in [0.2, 0.25) is 9.36 Å². The summed E-state index contributed by atoms with van der Waals surface area (Å²) in [4.78, 5) is 23.2. The third-order valence-corrected chi connectivity index (χ3v) is 3.82. The van der Waals surface area contributed by atoms with Crippen LogP contribution in [0.1, 0.15) is 30.4 Å². The summed E-state index contributed by atoms with van der Waals surface area (Å²) >= 11 is 12.7. The second-order valence-corrected chi connectivity index (χ2v) is 6.72. The molecule has 0 spiro atoms. The van der Waals surface area contributed by atoms with Gasteiger partial charge >= 0.3 is 11.9 Å². The summed E-state index contributed by atoms with van der Waals surface area (Å²) < 4.78 is 15.1. The highest BCUT2D eigenvalue weighted by Crippen LogP contribution is 2.43. The minimum atomic E-state index is -0.636. The number of esters is 2. The van der Waals surface area contributed by atoms with Crippen LogP contribution in [0.15, 0.2) is 0 Å². The molecular weight excluding hydrogens is 327 g/mol. The fourth-order valence-corrected chi connectivity index (χ4v) is 2.65. The first-order chi connectivity index (χ1) is 9.15. The molecule has 0 aromatic carbocycles. The Hall–Kier alpha value is -0.980. The summed E-state index contributed by atoms with van der Waals surface area (Å²) in [6, 6.07) is 0. The molecule has 1 heterocycles. The molecule has 0 N–H and O–H groups in total. The van der Waals surface area contributed by atoms with E-state index in [-0.39, 0.29) is 26.6 Å². The molecule has 0 radical (unpaired) electrons. The molecule has 1 rings (SSSR count). The molecule has 0 aliphatic rings. The van der Waals surface area contributed by atoms with Crippen molar-refractivity contribution < 1.29 is 23.8 Å². The van der Waals surface area contributed by atoms with Crippen LogP contribution in [0.5, 0.6) is 5.75 Å². The molecule has 0 fully saturated rings. The van der Waals surface area contributed by atoms with Gasteiger partial charge in [-0.05, 0) is 20.8 Å². The van der Waals surface area contributed by atoms with Gasteiger partial charge in [0.25, 0.3) is 0 Å². The Morgan fingerprint density at radius 2 is 1.85 bits per heavy atom. The van der Waals surface area contributed by atoms with Gasteiger partial charge < -0.3 is 14.2 Å². The molecule has 1 aromatic heterocycles. The van der Waals surface area contributed by atoms with Crippen LogP contribution < -0.4 is 4.74 Å². The third kappa shape index (κ3) is 4.54. The second kappa shape index (κ2) is 6.65. The van der Waals surface area contributed by atoms with Crippen molar-refractivity contribution in [3.8, 4) is 5.75 Å². The zero-order chi connectivity index (χ0) is 15.5. The van der Waals surface area contributed by atoms with Crippen molar-refractivity contribution in [3.63, 3.8) is 0 Å². The molecule has 0 unspecified atom stereocenters. The molecule has 0 aliphatic carbocycles. The maximum absolute atomic E-state index is 11.6. The molecule has 0 atom stereocenters. The molecule has 0 saturated heterocycles. The molecular formula is C12H14Cl2O5S. The van der Waals surface area contributed by atoms with Gasteiger partial charge in [-0.1, -0.05) is 23.2 Å². The molecule has 112 valence electrons. The number of methoxy groups -OCH3 is 1. The molecule has 1 aromatic rings. The summed E-state index contributed by atoms with van der Waals surface area (Å²) in [6.07, 6.45) is 0. The van der Waals surface area contributed by atoms with Crippen molar-refractivity contribution in [1.82, 2.24) is 0 Å². The van der Waals surface area contributed by atoms with Gasteiger partial charge in [0.1, 0.15) is 15.0 Å². The number of hydrogen-bond donors (Lipinski definition) is 0. The maximum atomic E-state index is 11.6. The van der Waals surface area contributed by atoms with E-state index in [0.717, 1.165) is 11.3 Å². The quantitative estimate of drug-likeness (QED) is 0.784. The lowest BCUT2D eigenvalue weighted by atomic mass is 10.2. The Kier molecular flexibility index (Phi) is 5.68. The third-order valence-electron chi connectivity index (χ3n) is 1.89. The molecule has 5 nitrogen and oxygen atoms in total. The Balaban J connectivity index is 2.82. The van der Waals surface area contributed by atoms with E-state index in [2.05, 4.69) is 4.74 Å². The van der Waals surface area contributed by atoms with E-state index >= 15 is 0 Å². The average Bonchev–Trinajstić information content (AvgIpc) is 2.60. The van der Waals surface area contributed by atoms with Gasteiger partial charge in [0, 0.05) is 0 Å². The van der Waals surface area contributed by atoms with E-state index in [1.54, 1.807) is 20.8 Å². The van der Waals surface area contributed by atoms with Crippen LogP contribution in [-0.2, 0) is 14.3 Å². The van der Waals surface area contributed by atoms with Crippen LogP contribution in [0.4, 0.5) is 0 Å². The van der Waals surface area contributed by atoms with Gasteiger partial charge in [-0.3, -0.25) is 0 Å². The SMILES string of the molecule is COC(=O)c1sc(Cl)c(Cl)c1OCC(=O)OC(C)(C)C. The van der Waals surface area contributed by atoms with Crippen LogP contribution >= 0.6 is 34.5 Å². The predicted octanol–water partition coefficient (Wildman–Crippen LogP) is 3.56. The summed E-state index contributed by atoms with van der Waals surface area (Å²) in [6.45, 7) is 4.83. The normalized spacial score (nSPS) is 11.1. The van der Waals surface area contributed by atoms with E-state index in [9.17, 15) is 9.59 Å². The average molecular weight is 341 g/mol. The number of halogens is 2. The first-order valence-corrected chi connectivity index (χ1v) is 7.13. The van der Waals surface area contributed by atoms with Gasteiger partial charge in [-0.2, -0.15) is 0 Å². The highest BCUT2D eigenvalue weighted by Gasteiger charge is 2.25. The topological polar surface area (TPSA) is 61.8 Å². The first-order valence-electron chi connectivity index (χ1n) is 5.56. The van der Waals surface area contributed by atoms with Crippen LogP contribution in [0.25, 0.3) is 0 Å². The Labute approximate surface area is 130 Å². The fraction of sp³-hybridized carbons (Fsp3) is 0.500. The minimum absolute atomic E-state index is 0.0272. The van der Waals surface area contributed by atoms with Crippen molar-refractivity contribution in [2.75, 3.05) is 13.7 Å². The predicted molar refractivity (Wildman–Crippen MR) is 77.0 cm³/mol. The Morgan fingerprint density at radius 3 is 2.35 bits per heavy atom. The van der Waals surface area contributed by atoms with Crippen LogP contribution in [-0.4, -0.2) is 31.3 Å². The summed E-state index contributed by atoms with van der Waals surface area (Å²) in [7, 11) is 1.22. The molecule has 0 aliphatic heterocycles. The van der Waals surface area contributed by atoms with Gasteiger partial charge in [0.05, 0.1) is 7.11 Å². The minimum Gasteiger partial charge on any atom is -0.478 e. The molecule has 0 amide bonds. The molecule has 8 heteroatoms. The lowest BCUT2D eigenvalue weighted by Gasteiger charge is -2.19. The summed E-state index contributed by atoms with van der Waals surface area (Å²) in [5.41, 5.74) is -0.623.